The predicted molar refractivity (Wildman–Crippen MR) is 146 cm³/mol. The summed E-state index contributed by atoms with van der Waals surface area (Å²) in [5, 5.41) is 3.41. The number of thiocarbonyl (C=S) groups is 1. The van der Waals surface area contributed by atoms with Crippen LogP contribution in [0.4, 0.5) is 11.4 Å². The summed E-state index contributed by atoms with van der Waals surface area (Å²) in [7, 11) is 1.58. The number of hydrogen-bond donors (Lipinski definition) is 1. The number of rotatable bonds is 7. The normalized spacial score (nSPS) is 14.4. The minimum absolute atomic E-state index is 0.224. The third kappa shape index (κ3) is 5.97. The third-order valence-corrected chi connectivity index (χ3v) is 6.81. The van der Waals surface area contributed by atoms with E-state index in [0.717, 1.165) is 0 Å². The minimum atomic E-state index is -0.375. The summed E-state index contributed by atoms with van der Waals surface area (Å²) in [6.45, 7) is -0.245. The maximum absolute atomic E-state index is 13.0. The van der Waals surface area contributed by atoms with Crippen molar-refractivity contribution in [3.05, 3.63) is 87.2 Å². The highest BCUT2D eigenvalue weighted by Crippen LogP contribution is 2.37. The average molecular weight is 545 g/mol. The molecule has 35 heavy (non-hydrogen) atoms. The zero-order valence-electron chi connectivity index (χ0n) is 18.3. The number of thioether (sulfide) groups is 1. The summed E-state index contributed by atoms with van der Waals surface area (Å²) in [6.07, 6.45) is 1.71. The lowest BCUT2D eigenvalue weighted by Crippen LogP contribution is -2.27. The Morgan fingerprint density at radius 1 is 1.09 bits per heavy atom. The van der Waals surface area contributed by atoms with Crippen LogP contribution in [0, 0.1) is 0 Å². The number of carbonyl (C=O) groups excluding carboxylic acids is 2. The molecule has 0 saturated carbocycles. The fourth-order valence-corrected chi connectivity index (χ4v) is 4.91. The van der Waals surface area contributed by atoms with Gasteiger partial charge >= 0.3 is 0 Å². The Hall–Kier alpha value is -3.04. The van der Waals surface area contributed by atoms with E-state index < -0.39 is 0 Å². The van der Waals surface area contributed by atoms with Gasteiger partial charge in [0.2, 0.25) is 0 Å². The van der Waals surface area contributed by atoms with Gasteiger partial charge in [-0.05, 0) is 60.2 Å². The van der Waals surface area contributed by atoms with Gasteiger partial charge in [0, 0.05) is 0 Å². The topological polar surface area (TPSA) is 67.9 Å². The smallest absolute Gasteiger partial charge is 0.270 e. The Morgan fingerprint density at radius 3 is 2.51 bits per heavy atom. The predicted octanol–water partition coefficient (Wildman–Crippen LogP) is 6.43. The van der Waals surface area contributed by atoms with E-state index in [1.165, 1.54) is 16.7 Å². The Morgan fingerprint density at radius 2 is 1.83 bits per heavy atom. The van der Waals surface area contributed by atoms with E-state index in [2.05, 4.69) is 5.32 Å². The van der Waals surface area contributed by atoms with E-state index in [4.69, 9.17) is 44.9 Å². The van der Waals surface area contributed by atoms with Crippen LogP contribution in [0.1, 0.15) is 5.56 Å². The second kappa shape index (κ2) is 11.1. The number of nitrogens with one attached hydrogen (secondary N) is 1. The molecule has 6 nitrogen and oxygen atoms in total. The van der Waals surface area contributed by atoms with Crippen LogP contribution in [0.25, 0.3) is 6.08 Å². The van der Waals surface area contributed by atoms with Gasteiger partial charge < -0.3 is 14.8 Å². The number of amides is 2. The monoisotopic (exact) mass is 544 g/mol. The summed E-state index contributed by atoms with van der Waals surface area (Å²) in [6, 6.07) is 19.0. The summed E-state index contributed by atoms with van der Waals surface area (Å²) in [4.78, 5) is 27.1. The molecule has 1 heterocycles. The van der Waals surface area contributed by atoms with E-state index in [1.54, 1.807) is 79.9 Å². The SMILES string of the molecule is COc1ccc(N2C(=O)/C(=C/c3ccc(OCC(=O)Nc4ccccc4Cl)c(Cl)c3)SC2=S)cc1. The van der Waals surface area contributed by atoms with Gasteiger partial charge in [0.1, 0.15) is 11.5 Å². The van der Waals surface area contributed by atoms with Crippen molar-refractivity contribution in [3.8, 4) is 11.5 Å². The van der Waals surface area contributed by atoms with Crippen molar-refractivity contribution in [2.24, 2.45) is 0 Å². The molecule has 0 bridgehead atoms. The lowest BCUT2D eigenvalue weighted by molar-refractivity contribution is -0.118. The van der Waals surface area contributed by atoms with Crippen LogP contribution in [0.5, 0.6) is 11.5 Å². The Labute approximate surface area is 221 Å². The Kier molecular flexibility index (Phi) is 7.97. The maximum atomic E-state index is 13.0. The fourth-order valence-electron chi connectivity index (χ4n) is 3.19. The molecule has 178 valence electrons. The summed E-state index contributed by atoms with van der Waals surface area (Å²) in [5.41, 5.74) is 1.85. The molecule has 0 atom stereocenters. The van der Waals surface area contributed by atoms with Gasteiger partial charge in [-0.3, -0.25) is 14.5 Å². The lowest BCUT2D eigenvalue weighted by Gasteiger charge is -2.14. The molecule has 1 saturated heterocycles. The van der Waals surface area contributed by atoms with E-state index in [-0.39, 0.29) is 18.4 Å². The van der Waals surface area contributed by atoms with Crippen LogP contribution in [-0.2, 0) is 9.59 Å². The maximum Gasteiger partial charge on any atom is 0.270 e. The van der Waals surface area contributed by atoms with E-state index in [9.17, 15) is 9.59 Å². The second-order valence-electron chi connectivity index (χ2n) is 7.22. The molecule has 10 heteroatoms. The molecule has 3 aromatic rings. The summed E-state index contributed by atoms with van der Waals surface area (Å²) < 4.78 is 11.1. The van der Waals surface area contributed by atoms with Crippen LogP contribution in [-0.4, -0.2) is 29.9 Å². The molecule has 4 rings (SSSR count). The number of benzene rings is 3. The molecule has 3 aromatic carbocycles. The van der Waals surface area contributed by atoms with E-state index >= 15 is 0 Å². The molecule has 2 amide bonds. The first-order chi connectivity index (χ1) is 16.9. The minimum Gasteiger partial charge on any atom is -0.497 e. The zero-order valence-corrected chi connectivity index (χ0v) is 21.4. The molecule has 1 N–H and O–H groups in total. The van der Waals surface area contributed by atoms with Gasteiger partial charge in [-0.2, -0.15) is 0 Å². The first-order valence-corrected chi connectivity index (χ1v) is 12.2. The fraction of sp³-hybridized carbons (Fsp3) is 0.0800. The number of hydrogen-bond acceptors (Lipinski definition) is 6. The molecule has 1 aliphatic heterocycles. The van der Waals surface area contributed by atoms with Crippen LogP contribution in [0.2, 0.25) is 10.0 Å². The number of ether oxygens (including phenoxy) is 2. The molecule has 0 unspecified atom stereocenters. The molecular formula is C25H18Cl2N2O4S2. The number of nitrogens with zero attached hydrogens (tertiary/aromatic N) is 1. The number of anilines is 2. The quantitative estimate of drug-likeness (QED) is 0.273. The third-order valence-electron chi connectivity index (χ3n) is 4.88. The molecular weight excluding hydrogens is 527 g/mol. The average Bonchev–Trinajstić information content (AvgIpc) is 3.12. The van der Waals surface area contributed by atoms with Crippen molar-refractivity contribution in [1.29, 1.82) is 0 Å². The van der Waals surface area contributed by atoms with Gasteiger partial charge in [-0.25, -0.2) is 0 Å². The van der Waals surface area contributed by atoms with Crippen molar-refractivity contribution >= 4 is 80.8 Å². The van der Waals surface area contributed by atoms with Gasteiger partial charge in [0.05, 0.1) is 33.4 Å². The van der Waals surface area contributed by atoms with Crippen molar-refractivity contribution in [2.45, 2.75) is 0 Å². The van der Waals surface area contributed by atoms with Crippen LogP contribution < -0.4 is 19.7 Å². The number of methoxy groups -OCH3 is 1. The van der Waals surface area contributed by atoms with Crippen molar-refractivity contribution in [2.75, 3.05) is 23.9 Å². The van der Waals surface area contributed by atoms with Gasteiger partial charge in [-0.1, -0.05) is 65.4 Å². The van der Waals surface area contributed by atoms with E-state index in [1.807, 2.05) is 0 Å². The Balaban J connectivity index is 1.42. The number of halogens is 2. The molecule has 0 aliphatic carbocycles. The molecule has 0 aromatic heterocycles. The van der Waals surface area contributed by atoms with Crippen molar-refractivity contribution < 1.29 is 19.1 Å². The van der Waals surface area contributed by atoms with E-state index in [0.29, 0.717) is 47.7 Å². The summed E-state index contributed by atoms with van der Waals surface area (Å²) in [5.74, 6) is 0.426. The highest BCUT2D eigenvalue weighted by Gasteiger charge is 2.33. The van der Waals surface area contributed by atoms with Crippen molar-refractivity contribution in [3.63, 3.8) is 0 Å². The van der Waals surface area contributed by atoms with Gasteiger partial charge in [0.25, 0.3) is 11.8 Å². The lowest BCUT2D eigenvalue weighted by atomic mass is 10.2. The molecule has 0 spiro atoms. The van der Waals surface area contributed by atoms with Crippen molar-refractivity contribution in [1.82, 2.24) is 0 Å². The largest absolute Gasteiger partial charge is 0.497 e. The number of carbonyl (C=O) groups is 2. The second-order valence-corrected chi connectivity index (χ2v) is 9.71. The van der Waals surface area contributed by atoms with Gasteiger partial charge in [0.15, 0.2) is 10.9 Å². The highest BCUT2D eigenvalue weighted by atomic mass is 35.5. The van der Waals surface area contributed by atoms with Gasteiger partial charge in [-0.15, -0.1) is 0 Å². The Bertz CT molecular complexity index is 1330. The standard InChI is InChI=1S/C25H18Cl2N2O4S2/c1-32-17-9-7-16(8-10-17)29-24(31)22(35-25(29)34)13-15-6-11-21(19(27)12-15)33-14-23(30)28-20-5-3-2-4-18(20)26/h2-13H,14H2,1H3,(H,28,30)/b22-13-. The molecule has 1 aliphatic rings. The van der Waals surface area contributed by atoms with Crippen LogP contribution >= 0.6 is 47.2 Å². The van der Waals surface area contributed by atoms with Crippen LogP contribution in [0.15, 0.2) is 71.6 Å². The molecule has 1 fully saturated rings. The highest BCUT2D eigenvalue weighted by molar-refractivity contribution is 8.27. The number of para-hydroxylation sites is 1. The molecule has 0 radical (unpaired) electrons. The van der Waals surface area contributed by atoms with Crippen LogP contribution in [0.3, 0.4) is 0 Å². The first-order valence-electron chi connectivity index (χ1n) is 10.2. The zero-order chi connectivity index (χ0) is 24.9. The first kappa shape index (κ1) is 25.1. The summed E-state index contributed by atoms with van der Waals surface area (Å²) >= 11 is 19.0.